The van der Waals surface area contributed by atoms with Crippen molar-refractivity contribution in [3.63, 3.8) is 0 Å². The molecule has 0 unspecified atom stereocenters. The number of rotatable bonds is 8. The lowest BCUT2D eigenvalue weighted by atomic mass is 9.79. The Morgan fingerprint density at radius 1 is 1.26 bits per heavy atom. The van der Waals surface area contributed by atoms with Crippen LogP contribution in [0.2, 0.25) is 0 Å². The molecule has 0 saturated carbocycles. The van der Waals surface area contributed by atoms with Gasteiger partial charge in [0.25, 0.3) is 0 Å². The van der Waals surface area contributed by atoms with Crippen LogP contribution in [0.5, 0.6) is 0 Å². The fourth-order valence-corrected chi connectivity index (χ4v) is 1.68. The van der Waals surface area contributed by atoms with Crippen LogP contribution in [0.25, 0.3) is 0 Å². The van der Waals surface area contributed by atoms with Crippen LogP contribution >= 0.6 is 0 Å². The maximum Gasteiger partial charge on any atom is 0.307 e. The van der Waals surface area contributed by atoms with Crippen molar-refractivity contribution < 1.29 is 19.4 Å². The molecular formula is C15H24O4. The molecular weight excluding hydrogens is 244 g/mol. The number of terminal acetylenes is 1. The highest BCUT2D eigenvalue weighted by Crippen LogP contribution is 2.29. The smallest absolute Gasteiger partial charge is 0.307 e. The summed E-state index contributed by atoms with van der Waals surface area (Å²) in [5.41, 5.74) is -0.461. The number of carbonyl (C=O) groups excluding carboxylic acids is 1. The van der Waals surface area contributed by atoms with Gasteiger partial charge in [-0.15, -0.1) is 12.3 Å². The maximum absolute atomic E-state index is 11.6. The quantitative estimate of drug-likeness (QED) is 0.417. The van der Waals surface area contributed by atoms with Gasteiger partial charge in [0, 0.05) is 6.42 Å². The molecule has 0 aliphatic rings. The zero-order valence-electron chi connectivity index (χ0n) is 12.1. The Balaban J connectivity index is 3.96. The third kappa shape index (κ3) is 8.25. The molecule has 4 nitrogen and oxygen atoms in total. The van der Waals surface area contributed by atoms with Gasteiger partial charge in [-0.3, -0.25) is 9.59 Å². The van der Waals surface area contributed by atoms with Crippen molar-refractivity contribution in [3.8, 4) is 12.3 Å². The summed E-state index contributed by atoms with van der Waals surface area (Å²) in [6.45, 7) is 5.75. The Bertz CT molecular complexity index is 333. The normalized spacial score (nSPS) is 12.5. The van der Waals surface area contributed by atoms with E-state index >= 15 is 0 Å². The summed E-state index contributed by atoms with van der Waals surface area (Å²) >= 11 is 0. The second-order valence-corrected chi connectivity index (χ2v) is 5.70. The largest absolute Gasteiger partial charge is 0.481 e. The SMILES string of the molecule is C#CCCCCCOC(=O)C[C@H](C(=O)O)C(C)(C)C. The molecule has 0 radical (unpaired) electrons. The van der Waals surface area contributed by atoms with Crippen LogP contribution in [-0.4, -0.2) is 23.7 Å². The van der Waals surface area contributed by atoms with Crippen LogP contribution in [0.1, 0.15) is 52.9 Å². The minimum absolute atomic E-state index is 0.0802. The molecule has 0 bridgehead atoms. The number of ether oxygens (including phenoxy) is 1. The predicted octanol–water partition coefficient (Wildman–Crippen LogP) is 2.86. The molecule has 19 heavy (non-hydrogen) atoms. The van der Waals surface area contributed by atoms with Crippen molar-refractivity contribution >= 4 is 11.9 Å². The van der Waals surface area contributed by atoms with Crippen LogP contribution < -0.4 is 0 Å². The van der Waals surface area contributed by atoms with Crippen molar-refractivity contribution in [2.45, 2.75) is 52.9 Å². The van der Waals surface area contributed by atoms with Crippen LogP contribution in [0.4, 0.5) is 0 Å². The second kappa shape index (κ2) is 8.58. The molecule has 0 aromatic carbocycles. The van der Waals surface area contributed by atoms with Crippen molar-refractivity contribution in [1.29, 1.82) is 0 Å². The lowest BCUT2D eigenvalue weighted by Gasteiger charge is -2.26. The lowest BCUT2D eigenvalue weighted by Crippen LogP contribution is -2.31. The van der Waals surface area contributed by atoms with E-state index in [0.717, 1.165) is 25.7 Å². The Labute approximate surface area is 115 Å². The third-order valence-corrected chi connectivity index (χ3v) is 2.94. The first-order valence-corrected chi connectivity index (χ1v) is 6.61. The first-order valence-electron chi connectivity index (χ1n) is 6.61. The number of aliphatic carboxylic acids is 1. The number of esters is 1. The second-order valence-electron chi connectivity index (χ2n) is 5.70. The van der Waals surface area contributed by atoms with E-state index in [4.69, 9.17) is 16.3 Å². The number of carbonyl (C=O) groups is 2. The summed E-state index contributed by atoms with van der Waals surface area (Å²) in [6, 6.07) is 0. The molecule has 0 saturated heterocycles. The van der Waals surface area contributed by atoms with Crippen LogP contribution in [0.3, 0.4) is 0 Å². The van der Waals surface area contributed by atoms with E-state index < -0.39 is 23.3 Å². The molecule has 0 heterocycles. The summed E-state index contributed by atoms with van der Waals surface area (Å²) in [5, 5.41) is 9.10. The summed E-state index contributed by atoms with van der Waals surface area (Å²) in [7, 11) is 0. The van der Waals surface area contributed by atoms with Crippen LogP contribution in [0, 0.1) is 23.7 Å². The van der Waals surface area contributed by atoms with Gasteiger partial charge in [-0.1, -0.05) is 20.8 Å². The molecule has 0 rings (SSSR count). The topological polar surface area (TPSA) is 63.6 Å². The molecule has 0 amide bonds. The number of carboxylic acids is 1. The summed E-state index contributed by atoms with van der Waals surface area (Å²) in [4.78, 5) is 22.7. The van der Waals surface area contributed by atoms with E-state index in [-0.39, 0.29) is 6.42 Å². The number of unbranched alkanes of at least 4 members (excludes halogenated alkanes) is 3. The van der Waals surface area contributed by atoms with Gasteiger partial charge >= 0.3 is 11.9 Å². The Hall–Kier alpha value is -1.50. The van der Waals surface area contributed by atoms with Crippen molar-refractivity contribution in [3.05, 3.63) is 0 Å². The molecule has 1 atom stereocenters. The first kappa shape index (κ1) is 17.5. The standard InChI is InChI=1S/C15H24O4/c1-5-6-7-8-9-10-19-13(16)11-12(14(17)18)15(2,3)4/h1,12H,6-11H2,2-4H3,(H,17,18)/t12-/m1/s1. The molecule has 0 spiro atoms. The van der Waals surface area contributed by atoms with Gasteiger partial charge in [-0.05, 0) is 24.7 Å². The average Bonchev–Trinajstić information content (AvgIpc) is 2.28. The lowest BCUT2D eigenvalue weighted by molar-refractivity contribution is -0.155. The third-order valence-electron chi connectivity index (χ3n) is 2.94. The van der Waals surface area contributed by atoms with Gasteiger partial charge < -0.3 is 9.84 Å². The highest BCUT2D eigenvalue weighted by atomic mass is 16.5. The molecule has 0 aromatic heterocycles. The highest BCUT2D eigenvalue weighted by Gasteiger charge is 2.33. The molecule has 0 aliphatic heterocycles. The predicted molar refractivity (Wildman–Crippen MR) is 73.5 cm³/mol. The molecule has 108 valence electrons. The van der Waals surface area contributed by atoms with Gasteiger partial charge in [-0.25, -0.2) is 0 Å². The number of hydrogen-bond donors (Lipinski definition) is 1. The zero-order valence-corrected chi connectivity index (χ0v) is 12.1. The fraction of sp³-hybridized carbons (Fsp3) is 0.733. The van der Waals surface area contributed by atoms with E-state index in [0.29, 0.717) is 6.61 Å². The molecule has 0 aliphatic carbocycles. The van der Waals surface area contributed by atoms with Crippen molar-refractivity contribution in [1.82, 2.24) is 0 Å². The van der Waals surface area contributed by atoms with Crippen LogP contribution in [-0.2, 0) is 14.3 Å². The molecule has 0 aromatic rings. The summed E-state index contributed by atoms with van der Waals surface area (Å²) in [6.07, 6.45) is 8.38. The fourth-order valence-electron chi connectivity index (χ4n) is 1.68. The summed E-state index contributed by atoms with van der Waals surface area (Å²) in [5.74, 6) is 0.424. The van der Waals surface area contributed by atoms with E-state index in [9.17, 15) is 9.59 Å². The van der Waals surface area contributed by atoms with Gasteiger partial charge in [0.1, 0.15) is 0 Å². The maximum atomic E-state index is 11.6. The van der Waals surface area contributed by atoms with Gasteiger partial charge in [0.05, 0.1) is 18.9 Å². The average molecular weight is 268 g/mol. The Morgan fingerprint density at radius 2 is 1.89 bits per heavy atom. The van der Waals surface area contributed by atoms with E-state index in [1.54, 1.807) is 20.8 Å². The number of carboxylic acid groups (broad SMARTS) is 1. The summed E-state index contributed by atoms with van der Waals surface area (Å²) < 4.78 is 5.04. The van der Waals surface area contributed by atoms with E-state index in [1.165, 1.54) is 0 Å². The van der Waals surface area contributed by atoms with Gasteiger partial charge in [0.15, 0.2) is 0 Å². The molecule has 0 fully saturated rings. The van der Waals surface area contributed by atoms with Crippen molar-refractivity contribution in [2.75, 3.05) is 6.61 Å². The van der Waals surface area contributed by atoms with E-state index in [1.807, 2.05) is 0 Å². The first-order chi connectivity index (χ1) is 8.79. The monoisotopic (exact) mass is 268 g/mol. The Kier molecular flexibility index (Phi) is 7.90. The molecule has 4 heteroatoms. The minimum atomic E-state index is -0.960. The Morgan fingerprint density at radius 3 is 2.37 bits per heavy atom. The van der Waals surface area contributed by atoms with E-state index in [2.05, 4.69) is 5.92 Å². The highest BCUT2D eigenvalue weighted by molar-refractivity contribution is 5.79. The zero-order chi connectivity index (χ0) is 14.9. The van der Waals surface area contributed by atoms with Gasteiger partial charge in [0.2, 0.25) is 0 Å². The minimum Gasteiger partial charge on any atom is -0.481 e. The van der Waals surface area contributed by atoms with Crippen molar-refractivity contribution in [2.24, 2.45) is 11.3 Å². The van der Waals surface area contributed by atoms with Crippen LogP contribution in [0.15, 0.2) is 0 Å². The van der Waals surface area contributed by atoms with Gasteiger partial charge in [-0.2, -0.15) is 0 Å². The number of hydrogen-bond acceptors (Lipinski definition) is 3. The molecule has 1 N–H and O–H groups in total.